The molecule has 0 fully saturated rings. The van der Waals surface area contributed by atoms with Crippen molar-refractivity contribution in [2.75, 3.05) is 0 Å². The first-order chi connectivity index (χ1) is 15.7. The van der Waals surface area contributed by atoms with E-state index >= 15 is 0 Å². The van der Waals surface area contributed by atoms with Gasteiger partial charge < -0.3 is 10.5 Å². The number of nitrogens with two attached hydrogens (primary N) is 1. The molecule has 0 aromatic heterocycles. The molecular weight excluding hydrogens is 457 g/mol. The predicted octanol–water partition coefficient (Wildman–Crippen LogP) is 5.99. The normalized spacial score (nSPS) is 12.2. The van der Waals surface area contributed by atoms with Crippen LogP contribution in [0.15, 0.2) is 83.0 Å². The highest BCUT2D eigenvalue weighted by Gasteiger charge is 2.30. The summed E-state index contributed by atoms with van der Waals surface area (Å²) in [5.74, 6) is 0.552. The molecule has 2 N–H and O–H groups in total. The lowest BCUT2D eigenvalue weighted by atomic mass is 10.2. The average molecular weight is 474 g/mol. The Morgan fingerprint density at radius 2 is 1.85 bits per heavy atom. The molecule has 11 heteroatoms. The number of amidine groups is 1. The molecule has 3 aromatic carbocycles. The number of nitro groups is 1. The molecule has 7 nitrogen and oxygen atoms in total. The zero-order valence-corrected chi connectivity index (χ0v) is 17.7. The molecule has 0 aliphatic rings. The van der Waals surface area contributed by atoms with Gasteiger partial charge in [-0.2, -0.15) is 18.3 Å². The highest BCUT2D eigenvalue weighted by atomic mass is 32.2. The molecule has 0 bridgehead atoms. The van der Waals surface area contributed by atoms with Crippen LogP contribution >= 0.6 is 11.8 Å². The third kappa shape index (κ3) is 7.07. The van der Waals surface area contributed by atoms with E-state index in [2.05, 4.69) is 10.2 Å². The molecule has 33 heavy (non-hydrogen) atoms. The highest BCUT2D eigenvalue weighted by Crippen LogP contribution is 2.34. The molecule has 170 valence electrons. The summed E-state index contributed by atoms with van der Waals surface area (Å²) in [5, 5.41) is 19.0. The van der Waals surface area contributed by atoms with E-state index in [9.17, 15) is 23.3 Å². The van der Waals surface area contributed by atoms with Gasteiger partial charge in [-0.1, -0.05) is 48.2 Å². The minimum atomic E-state index is -4.54. The van der Waals surface area contributed by atoms with E-state index < -0.39 is 16.7 Å². The third-order valence-corrected chi connectivity index (χ3v) is 5.03. The van der Waals surface area contributed by atoms with Gasteiger partial charge in [-0.3, -0.25) is 10.1 Å². The summed E-state index contributed by atoms with van der Waals surface area (Å²) < 4.78 is 44.4. The third-order valence-electron chi connectivity index (χ3n) is 4.18. The van der Waals surface area contributed by atoms with E-state index in [0.717, 1.165) is 17.7 Å². The van der Waals surface area contributed by atoms with Crippen LogP contribution in [0.2, 0.25) is 0 Å². The summed E-state index contributed by atoms with van der Waals surface area (Å²) in [5.41, 5.74) is 5.89. The van der Waals surface area contributed by atoms with Crippen LogP contribution in [0.4, 0.5) is 18.9 Å². The van der Waals surface area contributed by atoms with Gasteiger partial charge in [0.1, 0.15) is 11.5 Å². The van der Waals surface area contributed by atoms with Gasteiger partial charge in [0.2, 0.25) is 0 Å². The molecule has 0 heterocycles. The molecular formula is C22H17F3N4O3S. The van der Waals surface area contributed by atoms with Gasteiger partial charge in [0.25, 0.3) is 5.69 Å². The van der Waals surface area contributed by atoms with Gasteiger partial charge >= 0.3 is 6.18 Å². The number of ether oxygens (including phenoxy) is 1. The first kappa shape index (κ1) is 23.8. The van der Waals surface area contributed by atoms with Gasteiger partial charge in [-0.15, -0.1) is 5.10 Å². The Balaban J connectivity index is 1.80. The number of hydrogen-bond donors (Lipinski definition) is 1. The van der Waals surface area contributed by atoms with Gasteiger partial charge in [0.05, 0.1) is 16.7 Å². The topological polar surface area (TPSA) is 103 Å². The predicted molar refractivity (Wildman–Crippen MR) is 122 cm³/mol. The lowest BCUT2D eigenvalue weighted by Crippen LogP contribution is -2.06. The molecule has 0 saturated carbocycles. The van der Waals surface area contributed by atoms with Crippen molar-refractivity contribution in [1.82, 2.24) is 0 Å². The van der Waals surface area contributed by atoms with Gasteiger partial charge in [-0.05, 0) is 29.8 Å². The standard InChI is InChI=1S/C22H17F3N4O3S/c23-22(24,25)17-7-4-8-19(12-17)32-20-10-9-18(29(30)31)11-16(20)13-27-28-21(26)33-14-15-5-2-1-3-6-15/h1-13H,14H2,(H2,26,28). The maximum atomic E-state index is 13.0. The summed E-state index contributed by atoms with van der Waals surface area (Å²) >= 11 is 1.25. The largest absolute Gasteiger partial charge is 0.457 e. The van der Waals surface area contributed by atoms with Crippen LogP contribution in [-0.4, -0.2) is 16.3 Å². The van der Waals surface area contributed by atoms with Gasteiger partial charge in [-0.25, -0.2) is 0 Å². The summed E-state index contributed by atoms with van der Waals surface area (Å²) in [6, 6.07) is 17.5. The van der Waals surface area contributed by atoms with Crippen LogP contribution in [0.5, 0.6) is 11.5 Å². The number of thioether (sulfide) groups is 1. The highest BCUT2D eigenvalue weighted by molar-refractivity contribution is 8.13. The molecule has 3 aromatic rings. The fourth-order valence-electron chi connectivity index (χ4n) is 2.61. The zero-order chi connectivity index (χ0) is 23.8. The lowest BCUT2D eigenvalue weighted by Gasteiger charge is -2.11. The molecule has 0 aliphatic heterocycles. The Bertz CT molecular complexity index is 1190. The number of nitro benzene ring substituents is 1. The molecule has 0 atom stereocenters. The second-order valence-electron chi connectivity index (χ2n) is 6.56. The minimum Gasteiger partial charge on any atom is -0.457 e. The Morgan fingerprint density at radius 3 is 2.55 bits per heavy atom. The van der Waals surface area contributed by atoms with Crippen LogP contribution in [0.3, 0.4) is 0 Å². The molecule has 0 saturated heterocycles. The summed E-state index contributed by atoms with van der Waals surface area (Å²) in [7, 11) is 0. The number of halogens is 3. The van der Waals surface area contributed by atoms with E-state index in [0.29, 0.717) is 5.75 Å². The van der Waals surface area contributed by atoms with Crippen molar-refractivity contribution < 1.29 is 22.8 Å². The minimum absolute atomic E-state index is 0.0642. The maximum absolute atomic E-state index is 13.0. The summed E-state index contributed by atoms with van der Waals surface area (Å²) in [6.45, 7) is 0. The fourth-order valence-corrected chi connectivity index (χ4v) is 3.23. The van der Waals surface area contributed by atoms with E-state index in [1.165, 1.54) is 48.3 Å². The van der Waals surface area contributed by atoms with Crippen molar-refractivity contribution in [1.29, 1.82) is 0 Å². The van der Waals surface area contributed by atoms with Crippen molar-refractivity contribution in [2.45, 2.75) is 11.9 Å². The smallest absolute Gasteiger partial charge is 0.416 e. The number of alkyl halides is 3. The van der Waals surface area contributed by atoms with Gasteiger partial charge in [0, 0.05) is 23.4 Å². The zero-order valence-electron chi connectivity index (χ0n) is 16.9. The Labute approximate surface area is 190 Å². The van der Waals surface area contributed by atoms with Crippen molar-refractivity contribution in [3.05, 3.63) is 99.6 Å². The second kappa shape index (κ2) is 10.6. The number of nitrogens with zero attached hydrogens (tertiary/aromatic N) is 3. The second-order valence-corrected chi connectivity index (χ2v) is 7.56. The first-order valence-electron chi connectivity index (χ1n) is 9.39. The summed E-state index contributed by atoms with van der Waals surface area (Å²) in [6.07, 6.45) is -3.35. The van der Waals surface area contributed by atoms with Crippen LogP contribution in [0.25, 0.3) is 0 Å². The Hall–Kier alpha value is -3.86. The van der Waals surface area contributed by atoms with Gasteiger partial charge in [0.15, 0.2) is 5.17 Å². The van der Waals surface area contributed by atoms with Crippen LogP contribution in [0.1, 0.15) is 16.7 Å². The van der Waals surface area contributed by atoms with E-state index in [1.54, 1.807) is 0 Å². The van der Waals surface area contributed by atoms with E-state index in [4.69, 9.17) is 10.5 Å². The van der Waals surface area contributed by atoms with Crippen LogP contribution in [0, 0.1) is 10.1 Å². The first-order valence-corrected chi connectivity index (χ1v) is 10.4. The number of non-ortho nitro benzene ring substituents is 1. The number of rotatable bonds is 7. The van der Waals surface area contributed by atoms with Crippen molar-refractivity contribution in [2.24, 2.45) is 15.9 Å². The van der Waals surface area contributed by atoms with Crippen LogP contribution < -0.4 is 10.5 Å². The Kier molecular flexibility index (Phi) is 7.67. The molecule has 0 radical (unpaired) electrons. The van der Waals surface area contributed by atoms with Crippen molar-refractivity contribution in [3.63, 3.8) is 0 Å². The molecule has 0 spiro atoms. The Morgan fingerprint density at radius 1 is 1.09 bits per heavy atom. The number of benzene rings is 3. The van der Waals surface area contributed by atoms with E-state index in [1.807, 2.05) is 30.3 Å². The molecule has 3 rings (SSSR count). The van der Waals surface area contributed by atoms with Crippen molar-refractivity contribution in [3.8, 4) is 11.5 Å². The quantitative estimate of drug-likeness (QED) is 0.196. The van der Waals surface area contributed by atoms with E-state index in [-0.39, 0.29) is 27.9 Å². The van der Waals surface area contributed by atoms with Crippen molar-refractivity contribution >= 4 is 28.8 Å². The maximum Gasteiger partial charge on any atom is 0.416 e. The number of hydrogen-bond acceptors (Lipinski definition) is 6. The lowest BCUT2D eigenvalue weighted by molar-refractivity contribution is -0.384. The monoisotopic (exact) mass is 474 g/mol. The van der Waals surface area contributed by atoms with Crippen LogP contribution in [-0.2, 0) is 11.9 Å². The molecule has 0 aliphatic carbocycles. The molecule has 0 unspecified atom stereocenters. The average Bonchev–Trinajstić information content (AvgIpc) is 2.79. The molecule has 0 amide bonds. The SMILES string of the molecule is NC(=NN=Cc1cc([N+](=O)[O-])ccc1Oc1cccc(C(F)(F)F)c1)SCc1ccccc1. The summed E-state index contributed by atoms with van der Waals surface area (Å²) in [4.78, 5) is 10.5. The fraction of sp³-hybridized carbons (Fsp3) is 0.0909.